The van der Waals surface area contributed by atoms with Gasteiger partial charge in [-0.3, -0.25) is 9.59 Å². The molecule has 5 nitrogen and oxygen atoms in total. The van der Waals surface area contributed by atoms with E-state index in [-0.39, 0.29) is 40.1 Å². The standard InChI is InChI=1S/C36H55NO4S2/c1-22(43-25-18-28(35(9,10)11)32(41-23(2)38)29(19-25)36(12,13)14)21-42-24-16-26(33(3,4)5)31(40-20-30(39)37-15)27(17-24)34(6,7)8/h16-19,22H,20-21H2,1-15H3,(H,37,39). The maximum absolute atomic E-state index is 12.1. The smallest absolute Gasteiger partial charge is 0.308 e. The van der Waals surface area contributed by atoms with E-state index in [1.54, 1.807) is 7.05 Å². The Bertz CT molecular complexity index is 1230. The number of benzene rings is 2. The molecule has 240 valence electrons. The van der Waals surface area contributed by atoms with Gasteiger partial charge in [-0.15, -0.1) is 23.5 Å². The van der Waals surface area contributed by atoms with Crippen molar-refractivity contribution in [3.8, 4) is 11.5 Å². The van der Waals surface area contributed by atoms with Crippen molar-refractivity contribution in [3.05, 3.63) is 46.5 Å². The van der Waals surface area contributed by atoms with E-state index in [0.29, 0.717) is 11.0 Å². The summed E-state index contributed by atoms with van der Waals surface area (Å²) in [5.41, 5.74) is 3.62. The average Bonchev–Trinajstić information content (AvgIpc) is 2.83. The van der Waals surface area contributed by atoms with Crippen LogP contribution in [0.15, 0.2) is 34.1 Å². The van der Waals surface area contributed by atoms with Crippen LogP contribution in [0.2, 0.25) is 0 Å². The molecule has 0 heterocycles. The van der Waals surface area contributed by atoms with Gasteiger partial charge in [-0.2, -0.15) is 0 Å². The third-order valence-corrected chi connectivity index (χ3v) is 9.57. The summed E-state index contributed by atoms with van der Waals surface area (Å²) in [5.74, 6) is 1.98. The number of hydrogen-bond acceptors (Lipinski definition) is 6. The first-order valence-corrected chi connectivity index (χ1v) is 17.0. The molecular weight excluding hydrogens is 575 g/mol. The second kappa shape index (κ2) is 13.9. The van der Waals surface area contributed by atoms with Crippen molar-refractivity contribution in [2.75, 3.05) is 19.4 Å². The molecule has 7 heteroatoms. The topological polar surface area (TPSA) is 64.6 Å². The monoisotopic (exact) mass is 629 g/mol. The summed E-state index contributed by atoms with van der Waals surface area (Å²) in [4.78, 5) is 26.5. The second-order valence-corrected chi connectivity index (χ2v) is 18.1. The van der Waals surface area contributed by atoms with Gasteiger partial charge in [0.1, 0.15) is 11.5 Å². The molecule has 1 atom stereocenters. The molecule has 1 unspecified atom stereocenters. The van der Waals surface area contributed by atoms with Crippen molar-refractivity contribution in [2.24, 2.45) is 0 Å². The van der Waals surface area contributed by atoms with Crippen LogP contribution in [0.4, 0.5) is 0 Å². The zero-order chi connectivity index (χ0) is 33.1. The molecule has 0 aromatic heterocycles. The van der Waals surface area contributed by atoms with Gasteiger partial charge in [0.05, 0.1) is 0 Å². The minimum Gasteiger partial charge on any atom is -0.483 e. The first kappa shape index (κ1) is 37.1. The number of carbonyl (C=O) groups excluding carboxylic acids is 2. The lowest BCUT2D eigenvalue weighted by Gasteiger charge is -2.31. The van der Waals surface area contributed by atoms with E-state index in [9.17, 15) is 9.59 Å². The molecule has 0 saturated carbocycles. The first-order valence-electron chi connectivity index (χ1n) is 15.1. The van der Waals surface area contributed by atoms with E-state index in [1.165, 1.54) is 16.7 Å². The van der Waals surface area contributed by atoms with Gasteiger partial charge in [-0.25, -0.2) is 0 Å². The summed E-state index contributed by atoms with van der Waals surface area (Å²) < 4.78 is 12.0. The number of thioether (sulfide) groups is 2. The van der Waals surface area contributed by atoms with Crippen LogP contribution in [0.1, 0.15) is 119 Å². The van der Waals surface area contributed by atoms with Gasteiger partial charge in [0, 0.05) is 57.0 Å². The fraction of sp³-hybridized carbons (Fsp3) is 0.611. The van der Waals surface area contributed by atoms with Gasteiger partial charge in [0.25, 0.3) is 5.91 Å². The number of hydrogen-bond donors (Lipinski definition) is 1. The summed E-state index contributed by atoms with van der Waals surface area (Å²) in [6.07, 6.45) is 0. The predicted molar refractivity (Wildman–Crippen MR) is 185 cm³/mol. The van der Waals surface area contributed by atoms with Gasteiger partial charge < -0.3 is 14.8 Å². The number of likely N-dealkylation sites (N-methyl/N-ethyl adjacent to an activating group) is 1. The summed E-state index contributed by atoms with van der Waals surface area (Å²) in [6, 6.07) is 8.88. The van der Waals surface area contributed by atoms with E-state index in [0.717, 1.165) is 33.8 Å². The summed E-state index contributed by atoms with van der Waals surface area (Å²) in [5, 5.41) is 2.98. The molecule has 0 fully saturated rings. The highest BCUT2D eigenvalue weighted by Crippen LogP contribution is 2.45. The van der Waals surface area contributed by atoms with Crippen molar-refractivity contribution in [1.82, 2.24) is 5.32 Å². The minimum atomic E-state index is -0.296. The summed E-state index contributed by atoms with van der Waals surface area (Å²) in [6.45, 7) is 29.8. The molecule has 0 saturated heterocycles. The molecule has 0 aliphatic rings. The lowest BCUT2D eigenvalue weighted by molar-refractivity contribution is -0.132. The highest BCUT2D eigenvalue weighted by Gasteiger charge is 2.30. The Labute approximate surface area is 270 Å². The molecule has 2 aromatic rings. The Hall–Kier alpha value is -2.12. The maximum Gasteiger partial charge on any atom is 0.308 e. The normalized spacial score (nSPS) is 13.5. The number of amides is 1. The molecule has 0 spiro atoms. The molecule has 0 radical (unpaired) electrons. The van der Waals surface area contributed by atoms with E-state index in [4.69, 9.17) is 9.47 Å². The Kier molecular flexibility index (Phi) is 12.0. The van der Waals surface area contributed by atoms with Crippen molar-refractivity contribution in [2.45, 2.75) is 134 Å². The van der Waals surface area contributed by atoms with Gasteiger partial charge in [0.15, 0.2) is 6.61 Å². The Morgan fingerprint density at radius 1 is 0.721 bits per heavy atom. The predicted octanol–water partition coefficient (Wildman–Crippen LogP) is 9.20. The zero-order valence-corrected chi connectivity index (χ0v) is 30.9. The second-order valence-electron chi connectivity index (χ2n) is 15.5. The Morgan fingerprint density at radius 2 is 1.12 bits per heavy atom. The molecule has 2 rings (SSSR count). The quantitative estimate of drug-likeness (QED) is 0.170. The number of rotatable bonds is 9. The highest BCUT2D eigenvalue weighted by molar-refractivity contribution is 8.03. The van der Waals surface area contributed by atoms with E-state index in [1.807, 2.05) is 23.5 Å². The SMILES string of the molecule is CNC(=O)COc1c(C(C)(C)C)cc(SCC(C)Sc2cc(C(C)(C)C)c(OC(C)=O)c(C(C)(C)C)c2)cc1C(C)(C)C. The van der Waals surface area contributed by atoms with Crippen LogP contribution in [-0.4, -0.2) is 36.5 Å². The fourth-order valence-electron chi connectivity index (χ4n) is 4.68. The highest BCUT2D eigenvalue weighted by atomic mass is 32.2. The number of ether oxygens (including phenoxy) is 2. The zero-order valence-electron chi connectivity index (χ0n) is 29.3. The van der Waals surface area contributed by atoms with Crippen LogP contribution < -0.4 is 14.8 Å². The molecule has 1 amide bonds. The van der Waals surface area contributed by atoms with Crippen LogP contribution in [0.3, 0.4) is 0 Å². The van der Waals surface area contributed by atoms with Crippen molar-refractivity contribution in [3.63, 3.8) is 0 Å². The van der Waals surface area contributed by atoms with Crippen molar-refractivity contribution >= 4 is 35.4 Å². The maximum atomic E-state index is 12.1. The average molecular weight is 630 g/mol. The van der Waals surface area contributed by atoms with Crippen LogP contribution >= 0.6 is 23.5 Å². The first-order chi connectivity index (χ1) is 19.4. The van der Waals surface area contributed by atoms with Crippen LogP contribution in [0.5, 0.6) is 11.5 Å². The number of carbonyl (C=O) groups is 2. The Morgan fingerprint density at radius 3 is 1.49 bits per heavy atom. The summed E-state index contributed by atoms with van der Waals surface area (Å²) >= 11 is 3.71. The number of nitrogens with one attached hydrogen (secondary N) is 1. The molecule has 0 aliphatic heterocycles. The van der Waals surface area contributed by atoms with Crippen LogP contribution in [0, 0.1) is 0 Å². The molecular formula is C36H55NO4S2. The van der Waals surface area contributed by atoms with E-state index >= 15 is 0 Å². The van der Waals surface area contributed by atoms with E-state index < -0.39 is 0 Å². The molecule has 0 bridgehead atoms. The van der Waals surface area contributed by atoms with Gasteiger partial charge in [-0.1, -0.05) is 90.0 Å². The minimum absolute atomic E-state index is 0.00776. The molecule has 0 aliphatic carbocycles. The van der Waals surface area contributed by atoms with Crippen LogP contribution in [-0.2, 0) is 31.2 Å². The van der Waals surface area contributed by atoms with Crippen LogP contribution in [0.25, 0.3) is 0 Å². The fourth-order valence-corrected chi connectivity index (χ4v) is 6.83. The van der Waals surface area contributed by atoms with E-state index in [2.05, 4.69) is 120 Å². The molecule has 2 aromatic carbocycles. The summed E-state index contributed by atoms with van der Waals surface area (Å²) in [7, 11) is 1.63. The van der Waals surface area contributed by atoms with Crippen molar-refractivity contribution < 1.29 is 19.1 Å². The Balaban J connectivity index is 2.46. The van der Waals surface area contributed by atoms with Gasteiger partial charge in [0.2, 0.25) is 0 Å². The third-order valence-electron chi connectivity index (χ3n) is 7.05. The third kappa shape index (κ3) is 10.5. The van der Waals surface area contributed by atoms with Gasteiger partial charge >= 0.3 is 5.97 Å². The van der Waals surface area contributed by atoms with Crippen molar-refractivity contribution in [1.29, 1.82) is 0 Å². The molecule has 43 heavy (non-hydrogen) atoms. The lowest BCUT2D eigenvalue weighted by Crippen LogP contribution is -2.27. The number of esters is 1. The molecule has 1 N–H and O–H groups in total. The largest absolute Gasteiger partial charge is 0.483 e. The lowest BCUT2D eigenvalue weighted by atomic mass is 9.79. The van der Waals surface area contributed by atoms with Gasteiger partial charge in [-0.05, 0) is 45.9 Å².